The molecule has 0 radical (unpaired) electrons. The molecule has 112 valence electrons. The van der Waals surface area contributed by atoms with Crippen LogP contribution in [0.25, 0.3) is 0 Å². The van der Waals surface area contributed by atoms with Gasteiger partial charge in [0.2, 0.25) is 0 Å². The highest BCUT2D eigenvalue weighted by atomic mass is 19.1. The second kappa shape index (κ2) is 7.89. The quantitative estimate of drug-likeness (QED) is 0.808. The predicted octanol–water partition coefficient (Wildman–Crippen LogP) is 4.12. The van der Waals surface area contributed by atoms with E-state index >= 15 is 0 Å². The first kappa shape index (κ1) is 15.6. The summed E-state index contributed by atoms with van der Waals surface area (Å²) in [5.74, 6) is -1.03. The Kier molecular flexibility index (Phi) is 5.88. The Morgan fingerprint density at radius 2 is 1.62 bits per heavy atom. The molecule has 0 saturated carbocycles. The van der Waals surface area contributed by atoms with E-state index in [1.807, 2.05) is 18.2 Å². The topological polar surface area (TPSA) is 12.0 Å². The highest BCUT2D eigenvalue weighted by molar-refractivity contribution is 5.18. The Balaban J connectivity index is 1.83. The molecule has 0 amide bonds. The van der Waals surface area contributed by atoms with E-state index in [-0.39, 0.29) is 0 Å². The summed E-state index contributed by atoms with van der Waals surface area (Å²) in [5, 5.41) is 3.46. The molecule has 0 aliphatic carbocycles. The molecule has 21 heavy (non-hydrogen) atoms. The van der Waals surface area contributed by atoms with Gasteiger partial charge in [-0.1, -0.05) is 37.3 Å². The molecule has 3 heteroatoms. The van der Waals surface area contributed by atoms with Crippen molar-refractivity contribution in [1.29, 1.82) is 0 Å². The lowest BCUT2D eigenvalue weighted by Gasteiger charge is -2.17. The van der Waals surface area contributed by atoms with Gasteiger partial charge in [0.1, 0.15) is 11.6 Å². The maximum Gasteiger partial charge on any atom is 0.126 e. The van der Waals surface area contributed by atoms with Crippen molar-refractivity contribution in [3.63, 3.8) is 0 Å². The number of benzene rings is 2. The summed E-state index contributed by atoms with van der Waals surface area (Å²) < 4.78 is 26.2. The molecule has 0 spiro atoms. The van der Waals surface area contributed by atoms with Crippen molar-refractivity contribution >= 4 is 0 Å². The smallest absolute Gasteiger partial charge is 0.126 e. The minimum Gasteiger partial charge on any atom is -0.313 e. The molecule has 1 unspecified atom stereocenters. The van der Waals surface area contributed by atoms with Gasteiger partial charge in [-0.15, -0.1) is 0 Å². The Morgan fingerprint density at radius 1 is 0.952 bits per heavy atom. The van der Waals surface area contributed by atoms with Gasteiger partial charge in [-0.05, 0) is 49.1 Å². The van der Waals surface area contributed by atoms with Crippen molar-refractivity contribution in [2.75, 3.05) is 6.54 Å². The van der Waals surface area contributed by atoms with Gasteiger partial charge < -0.3 is 5.32 Å². The molecule has 1 N–H and O–H groups in total. The first-order valence-corrected chi connectivity index (χ1v) is 7.39. The van der Waals surface area contributed by atoms with E-state index in [0.29, 0.717) is 24.6 Å². The zero-order valence-corrected chi connectivity index (χ0v) is 12.3. The Labute approximate surface area is 125 Å². The lowest BCUT2D eigenvalue weighted by molar-refractivity contribution is 0.497. The van der Waals surface area contributed by atoms with Gasteiger partial charge in [0.25, 0.3) is 0 Å². The van der Waals surface area contributed by atoms with Crippen LogP contribution in [0.3, 0.4) is 0 Å². The summed E-state index contributed by atoms with van der Waals surface area (Å²) >= 11 is 0. The first-order valence-electron chi connectivity index (χ1n) is 7.39. The van der Waals surface area contributed by atoms with E-state index in [1.54, 1.807) is 0 Å². The summed E-state index contributed by atoms with van der Waals surface area (Å²) in [6.07, 6.45) is 2.61. The SMILES string of the molecule is CCC(Cc1ccccc1)NCCc1cc(F)cc(F)c1. The molecule has 0 heterocycles. The fourth-order valence-corrected chi connectivity index (χ4v) is 2.44. The zero-order chi connectivity index (χ0) is 15.1. The summed E-state index contributed by atoms with van der Waals surface area (Å²) in [7, 11) is 0. The molecule has 0 aliphatic heterocycles. The van der Waals surface area contributed by atoms with Crippen LogP contribution in [0.15, 0.2) is 48.5 Å². The van der Waals surface area contributed by atoms with Crippen molar-refractivity contribution in [2.45, 2.75) is 32.2 Å². The van der Waals surface area contributed by atoms with Crippen molar-refractivity contribution in [3.8, 4) is 0 Å². The zero-order valence-electron chi connectivity index (χ0n) is 12.3. The summed E-state index contributed by atoms with van der Waals surface area (Å²) in [4.78, 5) is 0. The van der Waals surface area contributed by atoms with Gasteiger partial charge in [-0.2, -0.15) is 0 Å². The van der Waals surface area contributed by atoms with Crippen LogP contribution < -0.4 is 5.32 Å². The van der Waals surface area contributed by atoms with Crippen LogP contribution in [0.5, 0.6) is 0 Å². The van der Waals surface area contributed by atoms with Crippen LogP contribution in [0, 0.1) is 11.6 Å². The van der Waals surface area contributed by atoms with Gasteiger partial charge in [-0.3, -0.25) is 0 Å². The number of nitrogens with one attached hydrogen (secondary N) is 1. The Morgan fingerprint density at radius 3 is 2.24 bits per heavy atom. The maximum atomic E-state index is 13.1. The highest BCUT2D eigenvalue weighted by Gasteiger charge is 2.07. The summed E-state index contributed by atoms with van der Waals surface area (Å²) in [6, 6.07) is 14.4. The minimum atomic E-state index is -0.513. The first-order chi connectivity index (χ1) is 10.2. The molecule has 1 atom stereocenters. The summed E-state index contributed by atoms with van der Waals surface area (Å²) in [5.41, 5.74) is 1.99. The van der Waals surface area contributed by atoms with Crippen molar-refractivity contribution in [1.82, 2.24) is 5.32 Å². The van der Waals surface area contributed by atoms with Gasteiger partial charge in [-0.25, -0.2) is 8.78 Å². The number of hydrogen-bond donors (Lipinski definition) is 1. The van der Waals surface area contributed by atoms with Crippen LogP contribution in [0.4, 0.5) is 8.78 Å². The van der Waals surface area contributed by atoms with Crippen LogP contribution in [0.1, 0.15) is 24.5 Å². The van der Waals surface area contributed by atoms with Gasteiger partial charge in [0, 0.05) is 12.1 Å². The van der Waals surface area contributed by atoms with Gasteiger partial charge >= 0.3 is 0 Å². The van der Waals surface area contributed by atoms with E-state index in [1.165, 1.54) is 17.7 Å². The molecule has 2 aromatic carbocycles. The largest absolute Gasteiger partial charge is 0.313 e. The van der Waals surface area contributed by atoms with E-state index in [2.05, 4.69) is 24.4 Å². The second-order valence-corrected chi connectivity index (χ2v) is 5.28. The van der Waals surface area contributed by atoms with Crippen LogP contribution in [-0.2, 0) is 12.8 Å². The van der Waals surface area contributed by atoms with Crippen molar-refractivity contribution in [2.24, 2.45) is 0 Å². The van der Waals surface area contributed by atoms with Crippen molar-refractivity contribution < 1.29 is 8.78 Å². The minimum absolute atomic E-state index is 0.380. The fraction of sp³-hybridized carbons (Fsp3) is 0.333. The van der Waals surface area contributed by atoms with E-state index in [9.17, 15) is 8.78 Å². The number of halogens is 2. The van der Waals surface area contributed by atoms with Crippen molar-refractivity contribution in [3.05, 3.63) is 71.3 Å². The molecule has 2 rings (SSSR count). The molecular weight excluding hydrogens is 268 g/mol. The Hall–Kier alpha value is -1.74. The van der Waals surface area contributed by atoms with E-state index < -0.39 is 11.6 Å². The average Bonchev–Trinajstić information content (AvgIpc) is 2.46. The normalized spacial score (nSPS) is 12.3. The molecule has 2 aromatic rings. The highest BCUT2D eigenvalue weighted by Crippen LogP contribution is 2.09. The lowest BCUT2D eigenvalue weighted by Crippen LogP contribution is -2.32. The average molecular weight is 289 g/mol. The third kappa shape index (κ3) is 5.27. The predicted molar refractivity (Wildman–Crippen MR) is 82.3 cm³/mol. The van der Waals surface area contributed by atoms with Crippen LogP contribution >= 0.6 is 0 Å². The molecule has 0 bridgehead atoms. The summed E-state index contributed by atoms with van der Waals surface area (Å²) in [6.45, 7) is 2.86. The third-order valence-corrected chi connectivity index (χ3v) is 3.59. The fourth-order valence-electron chi connectivity index (χ4n) is 2.44. The molecule has 0 fully saturated rings. The van der Waals surface area contributed by atoms with Gasteiger partial charge in [0.05, 0.1) is 0 Å². The standard InChI is InChI=1S/C18H21F2N/c1-2-18(12-14-6-4-3-5-7-14)21-9-8-15-10-16(19)13-17(20)11-15/h3-7,10-11,13,18,21H,2,8-9,12H2,1H3. The monoisotopic (exact) mass is 289 g/mol. The lowest BCUT2D eigenvalue weighted by atomic mass is 10.0. The Bertz CT molecular complexity index is 534. The number of rotatable bonds is 7. The molecule has 1 nitrogen and oxygen atoms in total. The van der Waals surface area contributed by atoms with E-state index in [0.717, 1.165) is 18.9 Å². The molecule has 0 aromatic heterocycles. The maximum absolute atomic E-state index is 13.1. The molecule has 0 saturated heterocycles. The number of hydrogen-bond acceptors (Lipinski definition) is 1. The molecule has 0 aliphatic rings. The van der Waals surface area contributed by atoms with Gasteiger partial charge in [0.15, 0.2) is 0 Å². The third-order valence-electron chi connectivity index (χ3n) is 3.59. The van der Waals surface area contributed by atoms with Crippen LogP contribution in [0.2, 0.25) is 0 Å². The second-order valence-electron chi connectivity index (χ2n) is 5.28. The van der Waals surface area contributed by atoms with E-state index in [4.69, 9.17) is 0 Å². The molecular formula is C18H21F2N. The van der Waals surface area contributed by atoms with Crippen LogP contribution in [-0.4, -0.2) is 12.6 Å².